The number of carbonyl (C=O) groups is 1. The molecule has 0 aliphatic heterocycles. The highest BCUT2D eigenvalue weighted by Crippen LogP contribution is 2.19. The second-order valence-electron chi connectivity index (χ2n) is 1.41. The highest BCUT2D eigenvalue weighted by Gasteiger charge is 1.89. The number of rotatable bonds is 0. The highest BCUT2D eigenvalue weighted by molar-refractivity contribution is 6.41. The van der Waals surface area contributed by atoms with Gasteiger partial charge in [-0.2, -0.15) is 0 Å². The van der Waals surface area contributed by atoms with Gasteiger partial charge in [-0.25, -0.2) is 0 Å². The summed E-state index contributed by atoms with van der Waals surface area (Å²) in [7, 11) is 0. The minimum absolute atomic E-state index is 0.606. The third-order valence-electron chi connectivity index (χ3n) is 0.824. The predicted molar refractivity (Wildman–Crippen MR) is 43.6 cm³/mol. The zero-order valence-corrected chi connectivity index (χ0v) is 6.69. The molecule has 0 aliphatic carbocycles. The maximum absolute atomic E-state index is 8.00. The monoisotopic (exact) mass is 176 g/mol. The van der Waals surface area contributed by atoms with E-state index in [0.717, 1.165) is 0 Å². The average Bonchev–Trinajstić information content (AvgIpc) is 2.00. The summed E-state index contributed by atoms with van der Waals surface area (Å²) < 4.78 is 0. The van der Waals surface area contributed by atoms with Crippen LogP contribution in [0.15, 0.2) is 24.3 Å². The van der Waals surface area contributed by atoms with Crippen molar-refractivity contribution in [3.05, 3.63) is 34.3 Å². The Bertz CT molecular complexity index is 180. The first-order valence-electron chi connectivity index (χ1n) is 2.49. The Balaban J connectivity index is 0.000000371. The molecule has 3 heteroatoms. The van der Waals surface area contributed by atoms with Crippen LogP contribution in [0.1, 0.15) is 0 Å². The molecular weight excluding hydrogens is 171 g/mol. The smallest absolute Gasteiger partial charge is 0.106 e. The summed E-state index contributed by atoms with van der Waals surface area (Å²) in [6, 6.07) is 7.19. The number of carbonyl (C=O) groups excluding carboxylic acids is 1. The van der Waals surface area contributed by atoms with Gasteiger partial charge in [0, 0.05) is 0 Å². The molecular formula is C7H6Cl2O. The van der Waals surface area contributed by atoms with E-state index in [0.29, 0.717) is 10.0 Å². The molecule has 1 aromatic rings. The molecule has 0 atom stereocenters. The summed E-state index contributed by atoms with van der Waals surface area (Å²) >= 11 is 11.2. The van der Waals surface area contributed by atoms with E-state index >= 15 is 0 Å². The summed E-state index contributed by atoms with van der Waals surface area (Å²) in [5.74, 6) is 0. The van der Waals surface area contributed by atoms with Gasteiger partial charge in [0.05, 0.1) is 10.0 Å². The van der Waals surface area contributed by atoms with Gasteiger partial charge in [0.25, 0.3) is 0 Å². The van der Waals surface area contributed by atoms with Crippen LogP contribution in [0.25, 0.3) is 0 Å². The average molecular weight is 177 g/mol. The summed E-state index contributed by atoms with van der Waals surface area (Å²) in [4.78, 5) is 8.00. The van der Waals surface area contributed by atoms with E-state index in [1.165, 1.54) is 0 Å². The fourth-order valence-corrected chi connectivity index (χ4v) is 0.711. The Morgan fingerprint density at radius 3 is 1.50 bits per heavy atom. The molecule has 1 nitrogen and oxygen atoms in total. The topological polar surface area (TPSA) is 17.1 Å². The zero-order valence-electron chi connectivity index (χ0n) is 5.18. The van der Waals surface area contributed by atoms with Gasteiger partial charge in [-0.15, -0.1) is 0 Å². The van der Waals surface area contributed by atoms with E-state index in [-0.39, 0.29) is 0 Å². The van der Waals surface area contributed by atoms with E-state index in [4.69, 9.17) is 28.0 Å². The summed E-state index contributed by atoms with van der Waals surface area (Å²) in [5, 5.41) is 1.21. The maximum Gasteiger partial charge on any atom is 0.106 e. The molecule has 54 valence electrons. The number of hydrogen-bond acceptors (Lipinski definition) is 1. The molecule has 0 amide bonds. The Labute approximate surface area is 69.6 Å². The first-order chi connectivity index (χ1) is 4.80. The fraction of sp³-hybridized carbons (Fsp3) is 0. The lowest BCUT2D eigenvalue weighted by Gasteiger charge is -1.88. The first kappa shape index (κ1) is 9.47. The van der Waals surface area contributed by atoms with Crippen LogP contribution in [0.2, 0.25) is 10.0 Å². The minimum atomic E-state index is 0.606. The first-order valence-corrected chi connectivity index (χ1v) is 3.25. The molecule has 0 N–H and O–H groups in total. The van der Waals surface area contributed by atoms with E-state index in [1.54, 1.807) is 12.1 Å². The molecule has 0 unspecified atom stereocenters. The van der Waals surface area contributed by atoms with Crippen molar-refractivity contribution >= 4 is 30.0 Å². The van der Waals surface area contributed by atoms with Gasteiger partial charge in [-0.3, -0.25) is 0 Å². The van der Waals surface area contributed by atoms with Crippen molar-refractivity contribution in [1.29, 1.82) is 0 Å². The van der Waals surface area contributed by atoms with Crippen molar-refractivity contribution in [2.75, 3.05) is 0 Å². The van der Waals surface area contributed by atoms with Crippen LogP contribution >= 0.6 is 23.2 Å². The van der Waals surface area contributed by atoms with Gasteiger partial charge in [-0.05, 0) is 12.1 Å². The van der Waals surface area contributed by atoms with Gasteiger partial charge in [0.15, 0.2) is 0 Å². The highest BCUT2D eigenvalue weighted by atomic mass is 35.5. The normalized spacial score (nSPS) is 7.80. The van der Waals surface area contributed by atoms with Crippen molar-refractivity contribution in [2.24, 2.45) is 0 Å². The Morgan fingerprint density at radius 2 is 1.30 bits per heavy atom. The third-order valence-corrected chi connectivity index (χ3v) is 1.58. The number of benzene rings is 1. The standard InChI is InChI=1S/C6H4Cl2.CH2O/c7-5-3-1-2-4-6(5)8;1-2/h1-4H;1H2. The lowest BCUT2D eigenvalue weighted by atomic mass is 10.4. The number of hydrogen-bond donors (Lipinski definition) is 0. The summed E-state index contributed by atoms with van der Waals surface area (Å²) in [6.45, 7) is 2.00. The van der Waals surface area contributed by atoms with Gasteiger partial charge in [-0.1, -0.05) is 35.3 Å². The van der Waals surface area contributed by atoms with Gasteiger partial charge in [0.2, 0.25) is 0 Å². The molecule has 1 rings (SSSR count). The van der Waals surface area contributed by atoms with E-state index < -0.39 is 0 Å². The van der Waals surface area contributed by atoms with E-state index in [9.17, 15) is 0 Å². The van der Waals surface area contributed by atoms with Crippen LogP contribution in [-0.2, 0) is 4.79 Å². The molecule has 0 saturated heterocycles. The molecule has 1 aromatic carbocycles. The molecule has 0 radical (unpaired) electrons. The molecule has 0 aromatic heterocycles. The molecule has 0 aliphatic rings. The largest absolute Gasteiger partial charge is 0.307 e. The second kappa shape index (κ2) is 5.27. The lowest BCUT2D eigenvalue weighted by Crippen LogP contribution is -1.62. The predicted octanol–water partition coefficient (Wildman–Crippen LogP) is 2.81. The maximum atomic E-state index is 8.00. The van der Waals surface area contributed by atoms with Crippen molar-refractivity contribution in [1.82, 2.24) is 0 Å². The molecule has 0 spiro atoms. The summed E-state index contributed by atoms with van der Waals surface area (Å²) in [6.07, 6.45) is 0. The fourth-order valence-electron chi connectivity index (χ4n) is 0.439. The summed E-state index contributed by atoms with van der Waals surface area (Å²) in [5.41, 5.74) is 0. The van der Waals surface area contributed by atoms with Gasteiger partial charge in [0.1, 0.15) is 6.79 Å². The molecule has 0 bridgehead atoms. The second-order valence-corrected chi connectivity index (χ2v) is 2.23. The van der Waals surface area contributed by atoms with Crippen molar-refractivity contribution in [3.63, 3.8) is 0 Å². The lowest BCUT2D eigenvalue weighted by molar-refractivity contribution is -0.0979. The Hall–Kier alpha value is -0.530. The van der Waals surface area contributed by atoms with Crippen LogP contribution in [0, 0.1) is 0 Å². The third kappa shape index (κ3) is 2.85. The van der Waals surface area contributed by atoms with Crippen molar-refractivity contribution < 1.29 is 4.79 Å². The molecule has 10 heavy (non-hydrogen) atoms. The van der Waals surface area contributed by atoms with Gasteiger partial charge < -0.3 is 4.79 Å². The molecule has 0 saturated carbocycles. The zero-order chi connectivity index (χ0) is 7.98. The van der Waals surface area contributed by atoms with Crippen LogP contribution in [-0.4, -0.2) is 6.79 Å². The molecule has 0 fully saturated rings. The van der Waals surface area contributed by atoms with Crippen molar-refractivity contribution in [2.45, 2.75) is 0 Å². The van der Waals surface area contributed by atoms with Crippen LogP contribution in [0.5, 0.6) is 0 Å². The van der Waals surface area contributed by atoms with E-state index in [1.807, 2.05) is 18.9 Å². The van der Waals surface area contributed by atoms with E-state index in [2.05, 4.69) is 0 Å². The van der Waals surface area contributed by atoms with Crippen LogP contribution < -0.4 is 0 Å². The van der Waals surface area contributed by atoms with Crippen molar-refractivity contribution in [3.8, 4) is 0 Å². The van der Waals surface area contributed by atoms with Crippen LogP contribution in [0.3, 0.4) is 0 Å². The Morgan fingerprint density at radius 1 is 1.00 bits per heavy atom. The molecule has 0 heterocycles. The SMILES string of the molecule is C=O.Clc1ccccc1Cl. The quantitative estimate of drug-likeness (QED) is 0.595. The number of halogens is 2. The Kier molecular flexibility index (Phi) is 4.99. The van der Waals surface area contributed by atoms with Crippen LogP contribution in [0.4, 0.5) is 0 Å². The minimum Gasteiger partial charge on any atom is -0.307 e. The van der Waals surface area contributed by atoms with Gasteiger partial charge >= 0.3 is 0 Å².